The summed E-state index contributed by atoms with van der Waals surface area (Å²) in [7, 11) is 0. The van der Waals surface area contributed by atoms with Crippen LogP contribution in [0.4, 0.5) is 0 Å². The van der Waals surface area contributed by atoms with Crippen LogP contribution in [0.1, 0.15) is 23.7 Å². The zero-order valence-corrected chi connectivity index (χ0v) is 8.89. The number of ketones is 1. The summed E-state index contributed by atoms with van der Waals surface area (Å²) in [6.45, 7) is 1.64. The minimum Gasteiger partial charge on any atom is -0.310 e. The van der Waals surface area contributed by atoms with Crippen LogP contribution in [0.15, 0.2) is 28.7 Å². The van der Waals surface area contributed by atoms with Crippen LogP contribution in [0.5, 0.6) is 0 Å². The Morgan fingerprint density at radius 2 is 1.92 bits per heavy atom. The fourth-order valence-electron chi connectivity index (χ4n) is 0.979. The maximum Gasteiger partial charge on any atom is 0.168 e. The third-order valence-electron chi connectivity index (χ3n) is 1.59. The highest BCUT2D eigenvalue weighted by atomic mass is 79.9. The number of nitrogens with one attached hydrogen (secondary N) is 1. The lowest BCUT2D eigenvalue weighted by molar-refractivity contribution is 0.100. The number of carbonyl (C=O) groups is 1. The van der Waals surface area contributed by atoms with Crippen LogP contribution in [0.25, 0.3) is 0 Å². The Hall–Kier alpha value is -0.960. The van der Waals surface area contributed by atoms with Crippen LogP contribution in [0.3, 0.4) is 0 Å². The second-order valence-electron chi connectivity index (χ2n) is 2.89. The molecule has 68 valence electrons. The second-order valence-corrected chi connectivity index (χ2v) is 3.80. The predicted octanol–water partition coefficient (Wildman–Crippen LogP) is 3.06. The Bertz CT molecular complexity index is 329. The molecule has 0 spiro atoms. The third kappa shape index (κ3) is 3.11. The second kappa shape index (κ2) is 4.33. The molecule has 1 aromatic rings. The number of carbonyl (C=O) groups excluding carboxylic acids is 1. The van der Waals surface area contributed by atoms with E-state index in [2.05, 4.69) is 15.9 Å². The number of benzene rings is 1. The maximum absolute atomic E-state index is 11.4. The van der Waals surface area contributed by atoms with E-state index in [4.69, 9.17) is 5.41 Å². The molecule has 0 aliphatic carbocycles. The first-order chi connectivity index (χ1) is 6.09. The quantitative estimate of drug-likeness (QED) is 0.640. The Morgan fingerprint density at radius 3 is 2.38 bits per heavy atom. The first kappa shape index (κ1) is 10.1. The van der Waals surface area contributed by atoms with Gasteiger partial charge in [0.1, 0.15) is 0 Å². The molecule has 0 aliphatic rings. The van der Waals surface area contributed by atoms with Crippen molar-refractivity contribution in [2.24, 2.45) is 0 Å². The van der Waals surface area contributed by atoms with Gasteiger partial charge in [0, 0.05) is 22.2 Å². The van der Waals surface area contributed by atoms with Crippen molar-refractivity contribution in [1.82, 2.24) is 0 Å². The van der Waals surface area contributed by atoms with Gasteiger partial charge in [-0.25, -0.2) is 0 Å². The number of halogens is 1. The van der Waals surface area contributed by atoms with Gasteiger partial charge in [-0.15, -0.1) is 0 Å². The number of hydrogen-bond donors (Lipinski definition) is 1. The van der Waals surface area contributed by atoms with Gasteiger partial charge in [0.05, 0.1) is 0 Å². The average molecular weight is 240 g/mol. The molecule has 3 heteroatoms. The van der Waals surface area contributed by atoms with Gasteiger partial charge in [-0.2, -0.15) is 0 Å². The molecule has 0 heterocycles. The largest absolute Gasteiger partial charge is 0.310 e. The van der Waals surface area contributed by atoms with Gasteiger partial charge in [0.2, 0.25) is 0 Å². The van der Waals surface area contributed by atoms with Gasteiger partial charge in [0.25, 0.3) is 0 Å². The lowest BCUT2D eigenvalue weighted by atomic mass is 10.1. The Balaban J connectivity index is 2.78. The summed E-state index contributed by atoms with van der Waals surface area (Å²) in [5.74, 6) is 0.000000000000000444. The van der Waals surface area contributed by atoms with E-state index in [0.29, 0.717) is 11.3 Å². The summed E-state index contributed by atoms with van der Waals surface area (Å²) in [4.78, 5) is 11.4. The zero-order chi connectivity index (χ0) is 9.84. The van der Waals surface area contributed by atoms with Crippen molar-refractivity contribution < 1.29 is 4.79 Å². The number of hydrogen-bond acceptors (Lipinski definition) is 2. The Kier molecular flexibility index (Phi) is 3.37. The van der Waals surface area contributed by atoms with Gasteiger partial charge in [-0.1, -0.05) is 28.1 Å². The predicted molar refractivity (Wildman–Crippen MR) is 56.5 cm³/mol. The fraction of sp³-hybridized carbons (Fsp3) is 0.200. The highest BCUT2D eigenvalue weighted by Crippen LogP contribution is 2.11. The maximum atomic E-state index is 11.4. The molecule has 1 aromatic carbocycles. The molecule has 0 aromatic heterocycles. The third-order valence-corrected chi connectivity index (χ3v) is 2.12. The molecule has 0 aliphatic heterocycles. The molecular formula is C10H10BrNO. The molecule has 0 saturated carbocycles. The molecule has 1 N–H and O–H groups in total. The van der Waals surface area contributed by atoms with Gasteiger partial charge < -0.3 is 5.41 Å². The molecule has 0 atom stereocenters. The van der Waals surface area contributed by atoms with Crippen LogP contribution in [0, 0.1) is 5.41 Å². The van der Waals surface area contributed by atoms with Crippen molar-refractivity contribution in [1.29, 1.82) is 5.41 Å². The van der Waals surface area contributed by atoms with E-state index < -0.39 is 0 Å². The molecule has 0 radical (unpaired) electrons. The molecule has 0 amide bonds. The first-order valence-electron chi connectivity index (χ1n) is 3.92. The van der Waals surface area contributed by atoms with E-state index in [1.54, 1.807) is 19.1 Å². The van der Waals surface area contributed by atoms with Crippen LogP contribution in [-0.4, -0.2) is 11.5 Å². The summed E-state index contributed by atoms with van der Waals surface area (Å²) in [5, 5.41) is 7.19. The van der Waals surface area contributed by atoms with E-state index in [1.165, 1.54) is 0 Å². The zero-order valence-electron chi connectivity index (χ0n) is 7.30. The monoisotopic (exact) mass is 239 g/mol. The van der Waals surface area contributed by atoms with Crippen LogP contribution in [0.2, 0.25) is 0 Å². The SMILES string of the molecule is CC(=N)CC(=O)c1ccc(Br)cc1. The van der Waals surface area contributed by atoms with E-state index in [1.807, 2.05) is 12.1 Å². The molecular weight excluding hydrogens is 230 g/mol. The number of Topliss-reactive ketones (excluding diaryl/α,β-unsaturated/α-hetero) is 1. The standard InChI is InChI=1S/C10H10BrNO/c1-7(12)6-10(13)8-2-4-9(11)5-3-8/h2-5,12H,6H2,1H3. The van der Waals surface area contributed by atoms with Crippen molar-refractivity contribution in [3.8, 4) is 0 Å². The summed E-state index contributed by atoms with van der Waals surface area (Å²) in [6.07, 6.45) is 0.210. The molecule has 0 fully saturated rings. The van der Waals surface area contributed by atoms with Crippen LogP contribution in [-0.2, 0) is 0 Å². The summed E-state index contributed by atoms with van der Waals surface area (Å²) < 4.78 is 0.954. The van der Waals surface area contributed by atoms with Crippen LogP contribution < -0.4 is 0 Å². The molecule has 0 unspecified atom stereocenters. The van der Waals surface area contributed by atoms with Crippen molar-refractivity contribution in [3.63, 3.8) is 0 Å². The minimum absolute atomic E-state index is 0.000000000000000444. The van der Waals surface area contributed by atoms with Gasteiger partial charge >= 0.3 is 0 Å². The highest BCUT2D eigenvalue weighted by molar-refractivity contribution is 9.10. The van der Waals surface area contributed by atoms with E-state index in [0.717, 1.165) is 4.47 Å². The van der Waals surface area contributed by atoms with Gasteiger partial charge in [-0.05, 0) is 19.1 Å². The summed E-state index contributed by atoms with van der Waals surface area (Å²) in [5.41, 5.74) is 1.06. The van der Waals surface area contributed by atoms with Crippen LogP contribution >= 0.6 is 15.9 Å². The van der Waals surface area contributed by atoms with Crippen molar-refractivity contribution in [2.45, 2.75) is 13.3 Å². The van der Waals surface area contributed by atoms with E-state index in [-0.39, 0.29) is 12.2 Å². The first-order valence-corrected chi connectivity index (χ1v) is 4.71. The smallest absolute Gasteiger partial charge is 0.168 e. The average Bonchev–Trinajstić information content (AvgIpc) is 2.04. The lowest BCUT2D eigenvalue weighted by Gasteiger charge is -1.99. The van der Waals surface area contributed by atoms with Crippen molar-refractivity contribution >= 4 is 27.4 Å². The van der Waals surface area contributed by atoms with Crippen molar-refractivity contribution in [3.05, 3.63) is 34.3 Å². The lowest BCUT2D eigenvalue weighted by Crippen LogP contribution is -2.03. The fourth-order valence-corrected chi connectivity index (χ4v) is 1.24. The highest BCUT2D eigenvalue weighted by Gasteiger charge is 2.05. The molecule has 1 rings (SSSR count). The van der Waals surface area contributed by atoms with Gasteiger partial charge in [-0.3, -0.25) is 4.79 Å². The minimum atomic E-state index is 0.000000000000000444. The Labute approximate surface area is 85.6 Å². The molecule has 0 saturated heterocycles. The number of rotatable bonds is 3. The summed E-state index contributed by atoms with van der Waals surface area (Å²) in [6, 6.07) is 7.17. The van der Waals surface area contributed by atoms with E-state index in [9.17, 15) is 4.79 Å². The summed E-state index contributed by atoms with van der Waals surface area (Å²) >= 11 is 3.29. The molecule has 0 bridgehead atoms. The molecule has 2 nitrogen and oxygen atoms in total. The molecule has 13 heavy (non-hydrogen) atoms. The normalized spacial score (nSPS) is 9.69. The van der Waals surface area contributed by atoms with Gasteiger partial charge in [0.15, 0.2) is 5.78 Å². The van der Waals surface area contributed by atoms with E-state index >= 15 is 0 Å². The topological polar surface area (TPSA) is 40.9 Å². The van der Waals surface area contributed by atoms with Crippen molar-refractivity contribution in [2.75, 3.05) is 0 Å². The Morgan fingerprint density at radius 1 is 1.38 bits per heavy atom.